The van der Waals surface area contributed by atoms with Crippen LogP contribution in [0.15, 0.2) is 66.7 Å². The summed E-state index contributed by atoms with van der Waals surface area (Å²) in [5, 5.41) is 1.28. The number of hydrogen-bond donors (Lipinski definition) is 1. The number of aromatic nitrogens is 1. The molecular formula is C22H15ClFNO2. The second-order valence-corrected chi connectivity index (χ2v) is 6.59. The quantitative estimate of drug-likeness (QED) is 0.438. The minimum absolute atomic E-state index is 0.265. The number of ether oxygens (including phenoxy) is 1. The molecule has 0 aliphatic carbocycles. The highest BCUT2D eigenvalue weighted by Gasteiger charge is 2.11. The molecule has 0 saturated heterocycles. The fraction of sp³-hybridized carbons (Fsp3) is 0.0455. The van der Waals surface area contributed by atoms with E-state index in [2.05, 4.69) is 4.98 Å². The van der Waals surface area contributed by atoms with Crippen molar-refractivity contribution < 1.29 is 13.9 Å². The molecule has 4 rings (SSSR count). The van der Waals surface area contributed by atoms with Crippen LogP contribution in [0.4, 0.5) is 4.39 Å². The van der Waals surface area contributed by atoms with E-state index in [1.165, 1.54) is 19.2 Å². The van der Waals surface area contributed by atoms with Gasteiger partial charge in [-0.3, -0.25) is 0 Å². The van der Waals surface area contributed by atoms with Crippen LogP contribution in [-0.4, -0.2) is 18.1 Å². The number of nitrogens with one attached hydrogen (secondary N) is 1. The van der Waals surface area contributed by atoms with Crippen LogP contribution >= 0.6 is 11.6 Å². The molecule has 0 amide bonds. The number of fused-ring (bicyclic) bond motifs is 1. The number of carbonyl (C=O) groups is 1. The predicted octanol–water partition coefficient (Wildman–Crippen LogP) is 6.08. The summed E-state index contributed by atoms with van der Waals surface area (Å²) in [7, 11) is 1.33. The zero-order valence-corrected chi connectivity index (χ0v) is 15.2. The number of H-pyrrole nitrogens is 1. The van der Waals surface area contributed by atoms with Crippen LogP contribution < -0.4 is 0 Å². The molecule has 27 heavy (non-hydrogen) atoms. The summed E-state index contributed by atoms with van der Waals surface area (Å²) < 4.78 is 18.2. The fourth-order valence-electron chi connectivity index (χ4n) is 3.11. The Balaban J connectivity index is 1.75. The first-order valence-electron chi connectivity index (χ1n) is 8.32. The molecule has 4 aromatic rings. The van der Waals surface area contributed by atoms with Crippen LogP contribution in [-0.2, 0) is 4.74 Å². The minimum Gasteiger partial charge on any atom is -0.465 e. The van der Waals surface area contributed by atoms with Crippen molar-refractivity contribution in [2.45, 2.75) is 0 Å². The molecule has 0 aliphatic heterocycles. The summed E-state index contributed by atoms with van der Waals surface area (Å²) in [4.78, 5) is 15.0. The molecule has 1 heterocycles. The van der Waals surface area contributed by atoms with Crippen LogP contribution in [0, 0.1) is 5.82 Å². The Hall–Kier alpha value is -3.11. The van der Waals surface area contributed by atoms with E-state index in [0.717, 1.165) is 33.3 Å². The van der Waals surface area contributed by atoms with E-state index in [0.29, 0.717) is 10.6 Å². The number of carbonyl (C=O) groups excluding carboxylic acids is 1. The molecule has 0 fully saturated rings. The highest BCUT2D eigenvalue weighted by atomic mass is 35.5. The van der Waals surface area contributed by atoms with E-state index in [9.17, 15) is 9.18 Å². The lowest BCUT2D eigenvalue weighted by atomic mass is 10.0. The molecule has 1 aromatic heterocycles. The molecule has 3 nitrogen and oxygen atoms in total. The largest absolute Gasteiger partial charge is 0.465 e. The Kier molecular flexibility index (Phi) is 4.42. The zero-order chi connectivity index (χ0) is 19.0. The smallest absolute Gasteiger partial charge is 0.337 e. The predicted molar refractivity (Wildman–Crippen MR) is 105 cm³/mol. The maximum absolute atomic E-state index is 13.4. The van der Waals surface area contributed by atoms with Gasteiger partial charge < -0.3 is 9.72 Å². The average Bonchev–Trinajstić information content (AvgIpc) is 3.10. The number of aromatic amines is 1. The standard InChI is InChI=1S/C22H15ClFNO2/c1-27-22(26)15-5-7-18(19(23)11-15)13-3-2-4-14(9-13)21-12-16-10-17(24)6-8-20(16)25-21/h2-12,25H,1H3. The average molecular weight is 380 g/mol. The van der Waals surface area contributed by atoms with E-state index < -0.39 is 5.97 Å². The summed E-state index contributed by atoms with van der Waals surface area (Å²) in [5.74, 6) is -0.693. The highest BCUT2D eigenvalue weighted by molar-refractivity contribution is 6.33. The molecule has 0 atom stereocenters. The van der Waals surface area contributed by atoms with Gasteiger partial charge in [-0.15, -0.1) is 0 Å². The SMILES string of the molecule is COC(=O)c1ccc(-c2cccc(-c3cc4cc(F)ccc4[nH]3)c2)c(Cl)c1. The van der Waals surface area contributed by atoms with Gasteiger partial charge in [0.2, 0.25) is 0 Å². The molecule has 0 radical (unpaired) electrons. The van der Waals surface area contributed by atoms with Gasteiger partial charge in [0.05, 0.1) is 12.7 Å². The van der Waals surface area contributed by atoms with E-state index in [1.807, 2.05) is 30.3 Å². The number of benzene rings is 3. The lowest BCUT2D eigenvalue weighted by Crippen LogP contribution is -2.00. The Bertz CT molecular complexity index is 1170. The number of rotatable bonds is 3. The summed E-state index contributed by atoms with van der Waals surface area (Å²) in [5.41, 5.74) is 4.85. The summed E-state index contributed by atoms with van der Waals surface area (Å²) >= 11 is 6.39. The van der Waals surface area contributed by atoms with Crippen LogP contribution in [0.5, 0.6) is 0 Å². The van der Waals surface area contributed by atoms with Crippen LogP contribution in [0.25, 0.3) is 33.3 Å². The van der Waals surface area contributed by atoms with Gasteiger partial charge in [0.15, 0.2) is 0 Å². The van der Waals surface area contributed by atoms with E-state index >= 15 is 0 Å². The first kappa shape index (κ1) is 17.3. The molecule has 0 spiro atoms. The third-order valence-corrected chi connectivity index (χ3v) is 4.77. The highest BCUT2D eigenvalue weighted by Crippen LogP contribution is 2.32. The molecular weight excluding hydrogens is 365 g/mol. The van der Waals surface area contributed by atoms with Crippen molar-refractivity contribution in [2.24, 2.45) is 0 Å². The van der Waals surface area contributed by atoms with Crippen LogP contribution in [0.3, 0.4) is 0 Å². The lowest BCUT2D eigenvalue weighted by Gasteiger charge is -2.08. The maximum atomic E-state index is 13.4. The van der Waals surface area contributed by atoms with Crippen molar-refractivity contribution in [3.8, 4) is 22.4 Å². The van der Waals surface area contributed by atoms with Gasteiger partial charge in [-0.25, -0.2) is 9.18 Å². The van der Waals surface area contributed by atoms with Gasteiger partial charge in [0.1, 0.15) is 5.82 Å². The molecule has 0 aliphatic rings. The van der Waals surface area contributed by atoms with Crippen molar-refractivity contribution in [3.05, 3.63) is 83.1 Å². The minimum atomic E-state index is -0.428. The van der Waals surface area contributed by atoms with Crippen LogP contribution in [0.1, 0.15) is 10.4 Å². The van der Waals surface area contributed by atoms with Crippen molar-refractivity contribution >= 4 is 28.5 Å². The molecule has 0 bridgehead atoms. The monoisotopic (exact) mass is 379 g/mol. The first-order chi connectivity index (χ1) is 13.0. The number of halogens is 2. The van der Waals surface area contributed by atoms with E-state index in [-0.39, 0.29) is 5.82 Å². The van der Waals surface area contributed by atoms with Gasteiger partial charge in [-0.2, -0.15) is 0 Å². The van der Waals surface area contributed by atoms with Gasteiger partial charge in [0, 0.05) is 27.2 Å². The first-order valence-corrected chi connectivity index (χ1v) is 8.70. The number of esters is 1. The number of methoxy groups -OCH3 is 1. The summed E-state index contributed by atoms with van der Waals surface area (Å²) in [6, 6.07) is 19.5. The Labute approximate surface area is 160 Å². The van der Waals surface area contributed by atoms with E-state index in [1.54, 1.807) is 24.3 Å². The van der Waals surface area contributed by atoms with Crippen molar-refractivity contribution in [1.82, 2.24) is 4.98 Å². The molecule has 0 unspecified atom stereocenters. The topological polar surface area (TPSA) is 42.1 Å². The van der Waals surface area contributed by atoms with Crippen molar-refractivity contribution in [3.63, 3.8) is 0 Å². The molecule has 5 heteroatoms. The number of hydrogen-bond acceptors (Lipinski definition) is 2. The van der Waals surface area contributed by atoms with E-state index in [4.69, 9.17) is 16.3 Å². The molecule has 0 saturated carbocycles. The van der Waals surface area contributed by atoms with Gasteiger partial charge in [0.25, 0.3) is 0 Å². The van der Waals surface area contributed by atoms with Crippen molar-refractivity contribution in [1.29, 1.82) is 0 Å². The second kappa shape index (κ2) is 6.89. The van der Waals surface area contributed by atoms with Gasteiger partial charge in [-0.05, 0) is 53.6 Å². The molecule has 1 N–H and O–H groups in total. The molecule has 3 aromatic carbocycles. The summed E-state index contributed by atoms with van der Waals surface area (Å²) in [6.07, 6.45) is 0. The Morgan fingerprint density at radius 1 is 1.00 bits per heavy atom. The van der Waals surface area contributed by atoms with Crippen LogP contribution in [0.2, 0.25) is 5.02 Å². The summed E-state index contributed by atoms with van der Waals surface area (Å²) in [6.45, 7) is 0. The Morgan fingerprint density at radius 3 is 2.59 bits per heavy atom. The fourth-order valence-corrected chi connectivity index (χ4v) is 3.40. The second-order valence-electron chi connectivity index (χ2n) is 6.18. The third kappa shape index (κ3) is 3.32. The normalized spacial score (nSPS) is 10.9. The Morgan fingerprint density at radius 2 is 1.81 bits per heavy atom. The zero-order valence-electron chi connectivity index (χ0n) is 14.4. The maximum Gasteiger partial charge on any atom is 0.337 e. The van der Waals surface area contributed by atoms with Gasteiger partial charge >= 0.3 is 5.97 Å². The van der Waals surface area contributed by atoms with Crippen molar-refractivity contribution in [2.75, 3.05) is 7.11 Å². The molecule has 134 valence electrons. The van der Waals surface area contributed by atoms with Gasteiger partial charge in [-0.1, -0.05) is 35.9 Å². The lowest BCUT2D eigenvalue weighted by molar-refractivity contribution is 0.0601. The third-order valence-electron chi connectivity index (χ3n) is 4.46.